The Labute approximate surface area is 288 Å². The standard InChI is InChI=1S/C39H48N8O2/c1-5-31(48)45-23-39(24-45)13-17-44(18-14-39)36-28-19-27(26-10-11-26)33(32-25(3)9-12-30-29(32)20-40-43-30)35(49-6-2)34(28)41-37(42-36)46-21-38(4,22-46)47-15-7-8-16-47/h5,9,12,19-20,26H,1,6-8,10-11,13-18,21-24H2,2-4H3,(H,40,43). The van der Waals surface area contributed by atoms with E-state index >= 15 is 0 Å². The number of aryl methyl sites for hydroxylation is 1. The number of anilines is 2. The van der Waals surface area contributed by atoms with E-state index in [4.69, 9.17) is 14.7 Å². The van der Waals surface area contributed by atoms with Gasteiger partial charge in [0.25, 0.3) is 0 Å². The molecule has 1 spiro atoms. The number of carbonyl (C=O) groups is 1. The van der Waals surface area contributed by atoms with Crippen LogP contribution in [-0.4, -0.2) is 100 Å². The summed E-state index contributed by atoms with van der Waals surface area (Å²) in [7, 11) is 0. The molecule has 1 aliphatic carbocycles. The number of nitrogens with one attached hydrogen (secondary N) is 1. The fourth-order valence-corrected chi connectivity index (χ4v) is 9.26. The highest BCUT2D eigenvalue weighted by molar-refractivity contribution is 6.06. The van der Waals surface area contributed by atoms with Gasteiger partial charge in [0.15, 0.2) is 5.75 Å². The largest absolute Gasteiger partial charge is 0.491 e. The monoisotopic (exact) mass is 660 g/mol. The van der Waals surface area contributed by atoms with Crippen molar-refractivity contribution in [1.29, 1.82) is 0 Å². The first-order valence-corrected chi connectivity index (χ1v) is 18.4. The fraction of sp³-hybridized carbons (Fsp3) is 0.538. The molecule has 256 valence electrons. The van der Waals surface area contributed by atoms with Gasteiger partial charge < -0.3 is 19.4 Å². The lowest BCUT2D eigenvalue weighted by molar-refractivity contribution is -0.139. The van der Waals surface area contributed by atoms with E-state index in [1.165, 1.54) is 67.1 Å². The van der Waals surface area contributed by atoms with E-state index < -0.39 is 0 Å². The van der Waals surface area contributed by atoms with Crippen LogP contribution < -0.4 is 14.5 Å². The topological polar surface area (TPSA) is 93.7 Å². The van der Waals surface area contributed by atoms with Crippen LogP contribution in [0.4, 0.5) is 11.8 Å². The number of amides is 1. The lowest BCUT2D eigenvalue weighted by atomic mass is 9.72. The van der Waals surface area contributed by atoms with Crippen LogP contribution in [-0.2, 0) is 4.79 Å². The molecule has 49 heavy (non-hydrogen) atoms. The van der Waals surface area contributed by atoms with Gasteiger partial charge in [-0.05, 0) is 113 Å². The first kappa shape index (κ1) is 30.8. The van der Waals surface area contributed by atoms with Gasteiger partial charge in [-0.2, -0.15) is 10.1 Å². The van der Waals surface area contributed by atoms with Crippen molar-refractivity contribution in [3.05, 3.63) is 48.2 Å². The number of likely N-dealkylation sites (tertiary alicyclic amines) is 2. The van der Waals surface area contributed by atoms with E-state index in [9.17, 15) is 4.79 Å². The molecule has 9 rings (SSSR count). The number of rotatable bonds is 8. The lowest BCUT2D eigenvalue weighted by Gasteiger charge is -2.54. The van der Waals surface area contributed by atoms with Gasteiger partial charge >= 0.3 is 0 Å². The Morgan fingerprint density at radius 3 is 2.47 bits per heavy atom. The van der Waals surface area contributed by atoms with Crippen molar-refractivity contribution >= 4 is 39.5 Å². The molecule has 2 aromatic carbocycles. The predicted molar refractivity (Wildman–Crippen MR) is 195 cm³/mol. The molecule has 1 saturated carbocycles. The highest BCUT2D eigenvalue weighted by Gasteiger charge is 2.48. The van der Waals surface area contributed by atoms with Crippen molar-refractivity contribution in [2.24, 2.45) is 5.41 Å². The number of aromatic nitrogens is 4. The Kier molecular flexibility index (Phi) is 7.20. The normalized spacial score (nSPS) is 21.7. The van der Waals surface area contributed by atoms with Gasteiger partial charge in [0.1, 0.15) is 11.3 Å². The number of H-pyrrole nitrogens is 1. The molecule has 10 nitrogen and oxygen atoms in total. The second-order valence-corrected chi connectivity index (χ2v) is 15.6. The molecule has 1 amide bonds. The molecule has 0 unspecified atom stereocenters. The third-order valence-electron chi connectivity index (χ3n) is 12.2. The van der Waals surface area contributed by atoms with E-state index in [1.54, 1.807) is 0 Å². The van der Waals surface area contributed by atoms with Crippen LogP contribution in [0.5, 0.6) is 5.75 Å². The highest BCUT2D eigenvalue weighted by atomic mass is 16.5. The highest BCUT2D eigenvalue weighted by Crippen LogP contribution is 2.53. The zero-order valence-electron chi connectivity index (χ0n) is 29.2. The Bertz CT molecular complexity index is 1950. The maximum atomic E-state index is 12.3. The summed E-state index contributed by atoms with van der Waals surface area (Å²) in [5.74, 6) is 3.23. The zero-order chi connectivity index (χ0) is 33.5. The maximum absolute atomic E-state index is 12.3. The van der Waals surface area contributed by atoms with Crippen molar-refractivity contribution < 1.29 is 9.53 Å². The first-order valence-electron chi connectivity index (χ1n) is 18.4. The van der Waals surface area contributed by atoms with Gasteiger partial charge in [-0.3, -0.25) is 14.8 Å². The summed E-state index contributed by atoms with van der Waals surface area (Å²) >= 11 is 0. The van der Waals surface area contributed by atoms with Gasteiger partial charge in [0, 0.05) is 61.0 Å². The second-order valence-electron chi connectivity index (χ2n) is 15.6. The summed E-state index contributed by atoms with van der Waals surface area (Å²) in [6.45, 7) is 18.6. The Morgan fingerprint density at radius 2 is 1.78 bits per heavy atom. The molecule has 5 aliphatic rings. The lowest BCUT2D eigenvalue weighted by Crippen LogP contribution is -2.68. The number of nitrogens with zero attached hydrogens (tertiary/aromatic N) is 7. The molecular formula is C39H48N8O2. The summed E-state index contributed by atoms with van der Waals surface area (Å²) in [4.78, 5) is 32.6. The van der Waals surface area contributed by atoms with E-state index in [-0.39, 0.29) is 16.9 Å². The number of carbonyl (C=O) groups excluding carboxylic acids is 1. The van der Waals surface area contributed by atoms with Crippen LogP contribution in [0.3, 0.4) is 0 Å². The van der Waals surface area contributed by atoms with Crippen LogP contribution in [0, 0.1) is 12.3 Å². The van der Waals surface area contributed by atoms with Crippen molar-refractivity contribution in [3.8, 4) is 16.9 Å². The number of ether oxygens (including phenoxy) is 1. The van der Waals surface area contributed by atoms with E-state index in [0.717, 1.165) is 91.4 Å². The average molecular weight is 661 g/mol. The van der Waals surface area contributed by atoms with Crippen LogP contribution in [0.2, 0.25) is 0 Å². The number of aromatic amines is 1. The Morgan fingerprint density at radius 1 is 1.02 bits per heavy atom. The molecule has 1 N–H and O–H groups in total. The summed E-state index contributed by atoms with van der Waals surface area (Å²) in [6, 6.07) is 6.72. The van der Waals surface area contributed by atoms with Crippen LogP contribution in [0.25, 0.3) is 32.9 Å². The minimum Gasteiger partial charge on any atom is -0.491 e. The second kappa shape index (κ2) is 11.4. The fourth-order valence-electron chi connectivity index (χ4n) is 9.26. The third kappa shape index (κ3) is 5.00. The molecule has 0 bridgehead atoms. The number of hydrogen-bond acceptors (Lipinski definition) is 8. The molecule has 6 heterocycles. The first-order chi connectivity index (χ1) is 23.8. The smallest absolute Gasteiger partial charge is 0.245 e. The van der Waals surface area contributed by atoms with Crippen LogP contribution >= 0.6 is 0 Å². The molecule has 4 aromatic rings. The Hall–Kier alpha value is -4.18. The predicted octanol–water partition coefficient (Wildman–Crippen LogP) is 6.05. The molecule has 4 aliphatic heterocycles. The van der Waals surface area contributed by atoms with Gasteiger partial charge in [-0.15, -0.1) is 0 Å². The van der Waals surface area contributed by atoms with Gasteiger partial charge in [0.05, 0.1) is 23.9 Å². The quantitative estimate of drug-likeness (QED) is 0.229. The minimum absolute atomic E-state index is 0.0446. The van der Waals surface area contributed by atoms with Crippen molar-refractivity contribution in [2.75, 3.05) is 68.8 Å². The zero-order valence-corrected chi connectivity index (χ0v) is 29.2. The van der Waals surface area contributed by atoms with Gasteiger partial charge in [0.2, 0.25) is 11.9 Å². The van der Waals surface area contributed by atoms with Crippen LogP contribution in [0.1, 0.15) is 69.4 Å². The molecule has 5 fully saturated rings. The number of piperidine rings is 1. The molecule has 2 aromatic heterocycles. The number of benzene rings is 2. The van der Waals surface area contributed by atoms with E-state index in [1.807, 2.05) is 11.1 Å². The Balaban J connectivity index is 1.18. The summed E-state index contributed by atoms with van der Waals surface area (Å²) in [5, 5.41) is 9.85. The molecule has 0 atom stereocenters. The van der Waals surface area contributed by atoms with Gasteiger partial charge in [-0.25, -0.2) is 4.98 Å². The van der Waals surface area contributed by atoms with E-state index in [2.05, 4.69) is 70.4 Å². The van der Waals surface area contributed by atoms with Crippen molar-refractivity contribution in [1.82, 2.24) is 30.0 Å². The average Bonchev–Trinajstić information content (AvgIpc) is 3.54. The number of hydrogen-bond donors (Lipinski definition) is 1. The molecular weight excluding hydrogens is 612 g/mol. The van der Waals surface area contributed by atoms with Gasteiger partial charge in [-0.1, -0.05) is 12.6 Å². The minimum atomic E-state index is 0.0446. The molecule has 0 radical (unpaired) electrons. The SMILES string of the molecule is C=CC(=O)N1CC2(CCN(c3nc(N4CC(C)(N5CCCC5)C4)nc4c(OCC)c(-c5c(C)ccc6[nH]ncc56)c(C5CC5)cc34)CC2)C1. The van der Waals surface area contributed by atoms with E-state index in [0.29, 0.717) is 12.5 Å². The summed E-state index contributed by atoms with van der Waals surface area (Å²) in [6.07, 6.45) is 10.4. The molecule has 4 saturated heterocycles. The van der Waals surface area contributed by atoms with Crippen molar-refractivity contribution in [3.63, 3.8) is 0 Å². The molecule has 10 heteroatoms. The summed E-state index contributed by atoms with van der Waals surface area (Å²) < 4.78 is 6.75. The number of fused-ring (bicyclic) bond motifs is 2. The summed E-state index contributed by atoms with van der Waals surface area (Å²) in [5.41, 5.74) is 7.19. The van der Waals surface area contributed by atoms with Crippen LogP contribution in [0.15, 0.2) is 37.1 Å². The maximum Gasteiger partial charge on any atom is 0.245 e. The third-order valence-corrected chi connectivity index (χ3v) is 12.2. The van der Waals surface area contributed by atoms with Crippen molar-refractivity contribution in [2.45, 2.75) is 70.8 Å².